The molecule has 4 rings (SSSR count). The summed E-state index contributed by atoms with van der Waals surface area (Å²) in [4.78, 5) is 14.4. The van der Waals surface area contributed by atoms with Crippen molar-refractivity contribution < 1.29 is 13.7 Å². The predicted molar refractivity (Wildman–Crippen MR) is 79.4 cm³/mol. The Kier molecular flexibility index (Phi) is 3.10. The average molecular weight is 300 g/mol. The smallest absolute Gasteiger partial charge is 0.293 e. The monoisotopic (exact) mass is 300 g/mol. The molecule has 2 aliphatic rings. The normalized spacial score (nSPS) is 23.5. The summed E-state index contributed by atoms with van der Waals surface area (Å²) in [7, 11) is 0. The van der Waals surface area contributed by atoms with Crippen molar-refractivity contribution in [2.75, 3.05) is 0 Å². The molecule has 5 heteroatoms. The molecule has 2 fully saturated rings. The van der Waals surface area contributed by atoms with Crippen LogP contribution in [0.2, 0.25) is 0 Å². The SMILES string of the molecule is Cc1cc(C(=O)N(Cc2ccc([C@@H]3C[C@H]3C)o2)C2CC2)on1. The minimum absolute atomic E-state index is 0.0964. The molecule has 0 aromatic carbocycles. The lowest BCUT2D eigenvalue weighted by molar-refractivity contribution is 0.0674. The van der Waals surface area contributed by atoms with Crippen LogP contribution in [0.25, 0.3) is 0 Å². The standard InChI is InChI=1S/C17H20N2O3/c1-10-7-14(10)15-6-5-13(21-15)9-19(12-3-4-12)17(20)16-8-11(2)18-22-16/h5-6,8,10,12,14H,3-4,7,9H2,1-2H3/t10-,14-/m1/s1. The van der Waals surface area contributed by atoms with Crippen LogP contribution in [0.4, 0.5) is 0 Å². The van der Waals surface area contributed by atoms with Gasteiger partial charge in [0.25, 0.3) is 5.91 Å². The van der Waals surface area contributed by atoms with Crippen molar-refractivity contribution in [1.29, 1.82) is 0 Å². The first kappa shape index (κ1) is 13.6. The third kappa shape index (κ3) is 2.56. The Balaban J connectivity index is 1.50. The third-order valence-electron chi connectivity index (χ3n) is 4.57. The van der Waals surface area contributed by atoms with Gasteiger partial charge < -0.3 is 13.8 Å². The number of carbonyl (C=O) groups is 1. The summed E-state index contributed by atoms with van der Waals surface area (Å²) in [6.07, 6.45) is 3.30. The molecule has 5 nitrogen and oxygen atoms in total. The molecule has 0 aliphatic heterocycles. The van der Waals surface area contributed by atoms with Crippen molar-refractivity contribution in [3.63, 3.8) is 0 Å². The summed E-state index contributed by atoms with van der Waals surface area (Å²) in [6.45, 7) is 4.56. The van der Waals surface area contributed by atoms with Crippen LogP contribution in [0.5, 0.6) is 0 Å². The van der Waals surface area contributed by atoms with E-state index < -0.39 is 0 Å². The number of aromatic nitrogens is 1. The molecule has 22 heavy (non-hydrogen) atoms. The lowest BCUT2D eigenvalue weighted by Crippen LogP contribution is -2.32. The molecule has 2 heterocycles. The van der Waals surface area contributed by atoms with Crippen LogP contribution in [0.1, 0.15) is 59.9 Å². The van der Waals surface area contributed by atoms with Crippen LogP contribution in [0, 0.1) is 12.8 Å². The van der Waals surface area contributed by atoms with E-state index in [4.69, 9.17) is 8.94 Å². The minimum atomic E-state index is -0.0964. The highest BCUT2D eigenvalue weighted by Crippen LogP contribution is 2.47. The van der Waals surface area contributed by atoms with Crippen molar-refractivity contribution in [3.05, 3.63) is 41.2 Å². The van der Waals surface area contributed by atoms with Crippen LogP contribution in [0.3, 0.4) is 0 Å². The molecular formula is C17H20N2O3. The Morgan fingerprint density at radius 2 is 2.18 bits per heavy atom. The highest BCUT2D eigenvalue weighted by atomic mass is 16.5. The fourth-order valence-corrected chi connectivity index (χ4v) is 2.92. The van der Waals surface area contributed by atoms with Crippen molar-refractivity contribution in [2.45, 2.75) is 51.6 Å². The molecule has 0 saturated heterocycles. The first-order valence-corrected chi connectivity index (χ1v) is 7.94. The van der Waals surface area contributed by atoms with Gasteiger partial charge in [-0.25, -0.2) is 0 Å². The highest BCUT2D eigenvalue weighted by Gasteiger charge is 2.38. The average Bonchev–Trinajstić information content (AvgIpc) is 3.37. The van der Waals surface area contributed by atoms with E-state index in [2.05, 4.69) is 18.1 Å². The largest absolute Gasteiger partial charge is 0.464 e. The zero-order valence-electron chi connectivity index (χ0n) is 12.9. The molecule has 116 valence electrons. The van der Waals surface area contributed by atoms with E-state index in [-0.39, 0.29) is 5.91 Å². The van der Waals surface area contributed by atoms with E-state index in [1.165, 1.54) is 6.42 Å². The van der Waals surface area contributed by atoms with E-state index in [0.717, 1.165) is 36.0 Å². The second-order valence-electron chi connectivity index (χ2n) is 6.62. The molecule has 2 aromatic heterocycles. The van der Waals surface area contributed by atoms with Crippen LogP contribution < -0.4 is 0 Å². The summed E-state index contributed by atoms with van der Waals surface area (Å²) in [5.41, 5.74) is 0.724. The van der Waals surface area contributed by atoms with Crippen molar-refractivity contribution >= 4 is 5.91 Å². The Morgan fingerprint density at radius 3 is 2.77 bits per heavy atom. The summed E-state index contributed by atoms with van der Waals surface area (Å²) in [5.74, 6) is 3.41. The molecule has 0 N–H and O–H groups in total. The maximum atomic E-state index is 12.6. The minimum Gasteiger partial charge on any atom is -0.464 e. The van der Waals surface area contributed by atoms with Gasteiger partial charge in [-0.05, 0) is 44.2 Å². The molecule has 2 atom stereocenters. The van der Waals surface area contributed by atoms with Gasteiger partial charge >= 0.3 is 0 Å². The van der Waals surface area contributed by atoms with Gasteiger partial charge in [-0.3, -0.25) is 4.79 Å². The second-order valence-corrected chi connectivity index (χ2v) is 6.62. The summed E-state index contributed by atoms with van der Waals surface area (Å²) < 4.78 is 11.1. The van der Waals surface area contributed by atoms with Crippen molar-refractivity contribution in [1.82, 2.24) is 10.1 Å². The van der Waals surface area contributed by atoms with Crippen molar-refractivity contribution in [2.24, 2.45) is 5.92 Å². The molecule has 2 saturated carbocycles. The molecule has 2 aromatic rings. The quantitative estimate of drug-likeness (QED) is 0.848. The van der Waals surface area contributed by atoms with Crippen LogP contribution in [-0.2, 0) is 6.54 Å². The highest BCUT2D eigenvalue weighted by molar-refractivity contribution is 5.91. The lowest BCUT2D eigenvalue weighted by atomic mass is 10.2. The van der Waals surface area contributed by atoms with Gasteiger partial charge in [-0.15, -0.1) is 0 Å². The molecule has 0 bridgehead atoms. The number of rotatable bonds is 5. The number of aryl methyl sites for hydroxylation is 1. The summed E-state index contributed by atoms with van der Waals surface area (Å²) >= 11 is 0. The van der Waals surface area contributed by atoms with Crippen molar-refractivity contribution in [3.8, 4) is 0 Å². The third-order valence-corrected chi connectivity index (χ3v) is 4.57. The molecule has 0 radical (unpaired) electrons. The van der Waals surface area contributed by atoms with Gasteiger partial charge in [0.1, 0.15) is 11.5 Å². The molecular weight excluding hydrogens is 280 g/mol. The Morgan fingerprint density at radius 1 is 1.41 bits per heavy atom. The summed E-state index contributed by atoms with van der Waals surface area (Å²) in [5, 5.41) is 3.80. The van der Waals surface area contributed by atoms with Gasteiger partial charge in [-0.1, -0.05) is 12.1 Å². The van der Waals surface area contributed by atoms with Gasteiger partial charge in [0.05, 0.1) is 12.2 Å². The number of hydrogen-bond donors (Lipinski definition) is 0. The maximum Gasteiger partial charge on any atom is 0.293 e. The number of nitrogens with zero attached hydrogens (tertiary/aromatic N) is 2. The van der Waals surface area contributed by atoms with Gasteiger partial charge in [0, 0.05) is 18.0 Å². The molecule has 1 amide bonds. The molecule has 0 unspecified atom stereocenters. The van der Waals surface area contributed by atoms with E-state index in [1.54, 1.807) is 6.07 Å². The molecule has 0 spiro atoms. The fraction of sp³-hybridized carbons (Fsp3) is 0.529. The maximum absolute atomic E-state index is 12.6. The predicted octanol–water partition coefficient (Wildman–Crippen LogP) is 3.50. The number of amides is 1. The van der Waals surface area contributed by atoms with Crippen LogP contribution >= 0.6 is 0 Å². The van der Waals surface area contributed by atoms with Gasteiger partial charge in [0.15, 0.2) is 0 Å². The first-order valence-electron chi connectivity index (χ1n) is 7.94. The van der Waals surface area contributed by atoms with E-state index in [0.29, 0.717) is 24.3 Å². The fourth-order valence-electron chi connectivity index (χ4n) is 2.92. The zero-order valence-corrected chi connectivity index (χ0v) is 12.9. The lowest BCUT2D eigenvalue weighted by Gasteiger charge is -2.19. The summed E-state index contributed by atoms with van der Waals surface area (Å²) in [6, 6.07) is 6.04. The molecule has 2 aliphatic carbocycles. The Bertz CT molecular complexity index is 698. The number of furan rings is 1. The number of hydrogen-bond acceptors (Lipinski definition) is 4. The van der Waals surface area contributed by atoms with Gasteiger partial charge in [-0.2, -0.15) is 0 Å². The van der Waals surface area contributed by atoms with E-state index in [9.17, 15) is 4.79 Å². The Hall–Kier alpha value is -2.04. The van der Waals surface area contributed by atoms with Gasteiger partial charge in [0.2, 0.25) is 5.76 Å². The van der Waals surface area contributed by atoms with E-state index in [1.807, 2.05) is 17.9 Å². The van der Waals surface area contributed by atoms with E-state index >= 15 is 0 Å². The second kappa shape index (κ2) is 5.00. The van der Waals surface area contributed by atoms with Crippen LogP contribution in [-0.4, -0.2) is 22.0 Å². The topological polar surface area (TPSA) is 59.5 Å². The van der Waals surface area contributed by atoms with Crippen LogP contribution in [0.15, 0.2) is 27.1 Å². The Labute approximate surface area is 129 Å². The first-order chi connectivity index (χ1) is 10.6. The number of carbonyl (C=O) groups excluding carboxylic acids is 1. The zero-order chi connectivity index (χ0) is 15.3.